The van der Waals surface area contributed by atoms with Crippen LogP contribution in [0, 0.1) is 17.2 Å². The number of benzene rings is 2. The highest BCUT2D eigenvalue weighted by Gasteiger charge is 2.17. The van der Waals surface area contributed by atoms with Crippen LogP contribution in [-0.4, -0.2) is 0 Å². The van der Waals surface area contributed by atoms with Crippen LogP contribution in [-0.2, 0) is 0 Å². The first-order chi connectivity index (χ1) is 12.9. The number of hydrogen-bond acceptors (Lipinski definition) is 4. The summed E-state index contributed by atoms with van der Waals surface area (Å²) in [7, 11) is -4.94. The zero-order valence-corrected chi connectivity index (χ0v) is 17.8. The minimum Gasteiger partial charge on any atom is -0.222 e. The lowest BCUT2D eigenvalue weighted by Crippen LogP contribution is -2.68. The molecule has 2 aromatic carbocycles. The molecular formula is C18H11Cl5O5. The molecule has 1 aromatic heterocycles. The highest BCUT2D eigenvalue weighted by Crippen LogP contribution is 2.34. The highest BCUT2D eigenvalue weighted by atomic mass is 35.7. The molecule has 5 nitrogen and oxygen atoms in total. The van der Waals surface area contributed by atoms with Crippen molar-refractivity contribution < 1.29 is 33.3 Å². The molecule has 0 unspecified atom stereocenters. The molecule has 3 aromatic rings. The van der Waals surface area contributed by atoms with E-state index in [9.17, 15) is 0 Å². The first-order valence-corrected chi connectivity index (χ1v) is 10.2. The molecule has 0 atom stereocenters. The molecule has 10 heteroatoms. The Bertz CT molecular complexity index is 913. The summed E-state index contributed by atoms with van der Waals surface area (Å²) in [6, 6.07) is 14.8. The van der Waals surface area contributed by atoms with E-state index in [1.165, 1.54) is 0 Å². The van der Waals surface area contributed by atoms with E-state index in [4.69, 9.17) is 69.5 Å². The van der Waals surface area contributed by atoms with Crippen LogP contribution >= 0.6 is 46.4 Å². The Morgan fingerprint density at radius 3 is 1.61 bits per heavy atom. The van der Waals surface area contributed by atoms with Gasteiger partial charge in [-0.2, -0.15) is 0 Å². The molecule has 0 saturated carbocycles. The monoisotopic (exact) mass is 482 g/mol. The maximum atomic E-state index is 8.49. The van der Waals surface area contributed by atoms with Crippen molar-refractivity contribution in [2.75, 3.05) is 0 Å². The van der Waals surface area contributed by atoms with Crippen molar-refractivity contribution in [2.45, 2.75) is 6.92 Å². The van der Waals surface area contributed by atoms with Crippen molar-refractivity contribution in [1.29, 1.82) is 0 Å². The maximum Gasteiger partial charge on any atom is 0.360 e. The van der Waals surface area contributed by atoms with Gasteiger partial charge in [0.25, 0.3) is 0 Å². The predicted molar refractivity (Wildman–Crippen MR) is 98.8 cm³/mol. The normalized spacial score (nSPS) is 11.0. The maximum absolute atomic E-state index is 8.49. The zero-order chi connectivity index (χ0) is 21.1. The SMILES string of the molecule is Cc1cc(-c2ccc(Cl)c(Cl)c2)cc(-c2ccc(Cl)c(Cl)c2)[o+]1.[O-][Cl+3]([O-])([O-])[O-]. The van der Waals surface area contributed by atoms with Gasteiger partial charge in [-0.15, -0.1) is 10.2 Å². The summed E-state index contributed by atoms with van der Waals surface area (Å²) in [5, 5.41) is 2.03. The smallest absolute Gasteiger partial charge is 0.222 e. The molecule has 0 spiro atoms. The third-order valence-corrected chi connectivity index (χ3v) is 4.85. The van der Waals surface area contributed by atoms with E-state index >= 15 is 0 Å². The van der Waals surface area contributed by atoms with Gasteiger partial charge >= 0.3 is 11.5 Å². The average Bonchev–Trinajstić information content (AvgIpc) is 2.58. The van der Waals surface area contributed by atoms with E-state index in [0.717, 1.165) is 22.5 Å². The zero-order valence-electron chi connectivity index (χ0n) is 14.0. The van der Waals surface area contributed by atoms with Gasteiger partial charge in [-0.25, -0.2) is 23.1 Å². The molecule has 0 radical (unpaired) electrons. The molecule has 0 saturated heterocycles. The largest absolute Gasteiger partial charge is 0.360 e. The lowest BCUT2D eigenvalue weighted by molar-refractivity contribution is -2.00. The fourth-order valence-electron chi connectivity index (χ4n) is 2.27. The standard InChI is InChI=1S/C18H11Cl4O.ClHO4/c1-10-6-13(11-2-4-14(19)16(21)7-11)9-18(23-10)12-3-5-15(20)17(22)8-12;2-1(3,4)5/h2-9H,1H3;(H,2,3,4,5)/q+1;/p-1. The molecule has 0 aliphatic rings. The van der Waals surface area contributed by atoms with E-state index < -0.39 is 10.2 Å². The van der Waals surface area contributed by atoms with Crippen LogP contribution < -0.4 is 18.6 Å². The van der Waals surface area contributed by atoms with E-state index in [1.807, 2.05) is 37.3 Å². The van der Waals surface area contributed by atoms with Gasteiger partial charge < -0.3 is 0 Å². The van der Waals surface area contributed by atoms with Crippen molar-refractivity contribution >= 4 is 46.4 Å². The Hall–Kier alpha value is -1.12. The van der Waals surface area contributed by atoms with Crippen molar-refractivity contribution in [3.8, 4) is 22.5 Å². The summed E-state index contributed by atoms with van der Waals surface area (Å²) in [5.41, 5.74) is 2.79. The van der Waals surface area contributed by atoms with Gasteiger partial charge in [0.15, 0.2) is 0 Å². The lowest BCUT2D eigenvalue weighted by atomic mass is 10.0. The second-order valence-corrected chi connectivity index (χ2v) is 7.84. The Kier molecular flexibility index (Phi) is 7.93. The Morgan fingerprint density at radius 2 is 1.11 bits per heavy atom. The molecule has 3 rings (SSSR count). The first kappa shape index (κ1) is 23.2. The molecular weight excluding hydrogens is 473 g/mol. The van der Waals surface area contributed by atoms with E-state index in [-0.39, 0.29) is 0 Å². The highest BCUT2D eigenvalue weighted by molar-refractivity contribution is 6.42. The minimum absolute atomic E-state index is 0.483. The van der Waals surface area contributed by atoms with E-state index in [1.54, 1.807) is 18.2 Å². The fraction of sp³-hybridized carbons (Fsp3) is 0.0556. The Balaban J connectivity index is 0.000000500. The third kappa shape index (κ3) is 7.04. The quantitative estimate of drug-likeness (QED) is 0.520. The summed E-state index contributed by atoms with van der Waals surface area (Å²) in [6.45, 7) is 1.89. The number of rotatable bonds is 2. The van der Waals surface area contributed by atoms with Crippen LogP contribution in [0.4, 0.5) is 0 Å². The van der Waals surface area contributed by atoms with E-state index in [2.05, 4.69) is 0 Å². The predicted octanol–water partition coefficient (Wildman–Crippen LogP) is 3.06. The molecule has 0 aliphatic heterocycles. The van der Waals surface area contributed by atoms with Gasteiger partial charge in [0, 0.05) is 11.6 Å². The Morgan fingerprint density at radius 1 is 0.643 bits per heavy atom. The molecule has 0 N–H and O–H groups in total. The molecule has 0 aliphatic carbocycles. The molecule has 0 amide bonds. The topological polar surface area (TPSA) is 104 Å². The molecule has 1 heterocycles. The third-order valence-electron chi connectivity index (χ3n) is 3.37. The van der Waals surface area contributed by atoms with Gasteiger partial charge in [0.05, 0.1) is 38.6 Å². The Labute approximate surface area is 183 Å². The van der Waals surface area contributed by atoms with Gasteiger partial charge in [0.1, 0.15) is 0 Å². The number of aryl methyl sites for hydroxylation is 1. The summed E-state index contributed by atoms with van der Waals surface area (Å²) < 4.78 is 39.8. The molecule has 148 valence electrons. The van der Waals surface area contributed by atoms with Crippen LogP contribution in [0.1, 0.15) is 5.76 Å². The van der Waals surface area contributed by atoms with Crippen molar-refractivity contribution in [3.05, 3.63) is 74.4 Å². The summed E-state index contributed by atoms with van der Waals surface area (Å²) in [6.07, 6.45) is 0. The van der Waals surface area contributed by atoms with Crippen LogP contribution in [0.3, 0.4) is 0 Å². The van der Waals surface area contributed by atoms with Gasteiger partial charge in [-0.05, 0) is 35.9 Å². The fourth-order valence-corrected chi connectivity index (χ4v) is 2.86. The molecule has 28 heavy (non-hydrogen) atoms. The van der Waals surface area contributed by atoms with Crippen LogP contribution in [0.5, 0.6) is 0 Å². The summed E-state index contributed by atoms with van der Waals surface area (Å²) in [5.74, 6) is 1.47. The van der Waals surface area contributed by atoms with Crippen molar-refractivity contribution in [3.63, 3.8) is 0 Å². The first-order valence-electron chi connectivity index (χ1n) is 7.41. The van der Waals surface area contributed by atoms with Crippen LogP contribution in [0.25, 0.3) is 22.5 Å². The number of halogens is 5. The molecule has 0 bridgehead atoms. The van der Waals surface area contributed by atoms with Gasteiger partial charge in [0.2, 0.25) is 0 Å². The van der Waals surface area contributed by atoms with Crippen molar-refractivity contribution in [2.24, 2.45) is 0 Å². The van der Waals surface area contributed by atoms with Crippen molar-refractivity contribution in [1.82, 2.24) is 0 Å². The second kappa shape index (κ2) is 9.59. The average molecular weight is 485 g/mol. The minimum atomic E-state index is -4.94. The molecule has 0 fully saturated rings. The van der Waals surface area contributed by atoms with Gasteiger partial charge in [-0.3, -0.25) is 0 Å². The summed E-state index contributed by atoms with van der Waals surface area (Å²) >= 11 is 24.2. The van der Waals surface area contributed by atoms with Crippen LogP contribution in [0.15, 0.2) is 52.9 Å². The number of hydrogen-bond donors (Lipinski definition) is 0. The summed E-state index contributed by atoms with van der Waals surface area (Å²) in [4.78, 5) is 0. The lowest BCUT2D eigenvalue weighted by Gasteiger charge is -2.17. The van der Waals surface area contributed by atoms with E-state index in [0.29, 0.717) is 25.9 Å². The second-order valence-electron chi connectivity index (χ2n) is 5.46. The van der Waals surface area contributed by atoms with Crippen LogP contribution in [0.2, 0.25) is 20.1 Å². The van der Waals surface area contributed by atoms with Gasteiger partial charge in [-0.1, -0.05) is 52.5 Å².